The first-order valence-electron chi connectivity index (χ1n) is 16.6. The van der Waals surface area contributed by atoms with Crippen LogP contribution in [0.2, 0.25) is 10.0 Å². The molecule has 1 fully saturated rings. The number of hydrogen-bond donors (Lipinski definition) is 1. The number of amides is 2. The fourth-order valence-electron chi connectivity index (χ4n) is 6.14. The molecule has 4 aromatic rings. The number of carbonyl (C=O) groups excluding carboxylic acids is 2. The summed E-state index contributed by atoms with van der Waals surface area (Å²) in [6.45, 7) is 0.684. The van der Waals surface area contributed by atoms with E-state index >= 15 is 0 Å². The van der Waals surface area contributed by atoms with Gasteiger partial charge in [0.05, 0.1) is 26.2 Å². The number of aryl methyl sites for hydroxylation is 1. The number of anilines is 1. The summed E-state index contributed by atoms with van der Waals surface area (Å²) in [5.41, 5.74) is 0.567. The van der Waals surface area contributed by atoms with Crippen molar-refractivity contribution >= 4 is 50.7 Å². The summed E-state index contributed by atoms with van der Waals surface area (Å²) >= 11 is 12.5. The zero-order valence-corrected chi connectivity index (χ0v) is 30.2. The van der Waals surface area contributed by atoms with E-state index in [9.17, 15) is 31.2 Å². The van der Waals surface area contributed by atoms with E-state index in [0.717, 1.165) is 55.4 Å². The Bertz CT molecular complexity index is 1940. The van der Waals surface area contributed by atoms with Gasteiger partial charge in [-0.05, 0) is 73.4 Å². The molecule has 0 aliphatic heterocycles. The van der Waals surface area contributed by atoms with Crippen molar-refractivity contribution in [3.8, 4) is 0 Å². The van der Waals surface area contributed by atoms with Gasteiger partial charge < -0.3 is 10.2 Å². The van der Waals surface area contributed by atoms with Gasteiger partial charge in [-0.3, -0.25) is 13.9 Å². The lowest BCUT2D eigenvalue weighted by atomic mass is 9.94. The molecule has 1 aliphatic carbocycles. The zero-order valence-electron chi connectivity index (χ0n) is 27.9. The Morgan fingerprint density at radius 3 is 2.18 bits per heavy atom. The van der Waals surface area contributed by atoms with Gasteiger partial charge in [-0.25, -0.2) is 8.42 Å². The Hall–Kier alpha value is -4.06. The first kappa shape index (κ1) is 38.2. The highest BCUT2D eigenvalue weighted by Gasteiger charge is 2.37. The van der Waals surface area contributed by atoms with Crippen molar-refractivity contribution < 1.29 is 31.2 Å². The third-order valence-corrected chi connectivity index (χ3v) is 11.4. The molecule has 0 aromatic heterocycles. The van der Waals surface area contributed by atoms with E-state index in [-0.39, 0.29) is 39.6 Å². The van der Waals surface area contributed by atoms with E-state index in [1.54, 1.807) is 49.4 Å². The van der Waals surface area contributed by atoms with Crippen LogP contribution in [0.25, 0.3) is 0 Å². The van der Waals surface area contributed by atoms with E-state index in [2.05, 4.69) is 5.32 Å². The van der Waals surface area contributed by atoms with Crippen LogP contribution >= 0.6 is 23.2 Å². The molecule has 1 N–H and O–H groups in total. The van der Waals surface area contributed by atoms with Crippen molar-refractivity contribution in [3.63, 3.8) is 0 Å². The summed E-state index contributed by atoms with van der Waals surface area (Å²) < 4.78 is 70.7. The highest BCUT2D eigenvalue weighted by molar-refractivity contribution is 7.92. The van der Waals surface area contributed by atoms with Crippen molar-refractivity contribution in [2.24, 2.45) is 0 Å². The van der Waals surface area contributed by atoms with Gasteiger partial charge in [0.1, 0.15) is 12.6 Å². The van der Waals surface area contributed by atoms with Crippen LogP contribution in [-0.4, -0.2) is 43.8 Å². The molecular weight excluding hydrogens is 722 g/mol. The van der Waals surface area contributed by atoms with Crippen LogP contribution in [0.15, 0.2) is 102 Å². The van der Waals surface area contributed by atoms with Gasteiger partial charge in [0.15, 0.2) is 0 Å². The summed E-state index contributed by atoms with van der Waals surface area (Å²) in [6.07, 6.45) is -0.183. The molecule has 51 heavy (non-hydrogen) atoms. The molecule has 2 amide bonds. The van der Waals surface area contributed by atoms with Crippen LogP contribution < -0.4 is 9.62 Å². The SMILES string of the molecule is Cc1ccc(S(=O)(=O)N(CC(=O)N(Cc2ccc(Cl)c(Cl)c2)[C@@H](Cc2ccccc2)C(=O)NC2CCCCC2)c2cccc(C(F)(F)F)c2)cc1. The molecule has 0 spiro atoms. The van der Waals surface area contributed by atoms with Crippen molar-refractivity contribution in [2.75, 3.05) is 10.8 Å². The Balaban J connectivity index is 1.61. The molecule has 1 atom stereocenters. The number of rotatable bonds is 12. The third kappa shape index (κ3) is 9.84. The fraction of sp³-hybridized carbons (Fsp3) is 0.316. The lowest BCUT2D eigenvalue weighted by molar-refractivity contribution is -0.140. The Morgan fingerprint density at radius 2 is 1.53 bits per heavy atom. The second kappa shape index (κ2) is 16.5. The molecule has 5 rings (SSSR count). The fourth-order valence-corrected chi connectivity index (χ4v) is 7.86. The molecule has 0 bridgehead atoms. The van der Waals surface area contributed by atoms with E-state index in [4.69, 9.17) is 23.2 Å². The van der Waals surface area contributed by atoms with Gasteiger partial charge in [-0.1, -0.05) is 103 Å². The van der Waals surface area contributed by atoms with E-state index in [1.807, 2.05) is 18.2 Å². The van der Waals surface area contributed by atoms with Gasteiger partial charge in [0.2, 0.25) is 11.8 Å². The summed E-state index contributed by atoms with van der Waals surface area (Å²) in [6, 6.07) is 22.2. The predicted octanol–water partition coefficient (Wildman–Crippen LogP) is 8.60. The average molecular weight is 761 g/mol. The van der Waals surface area contributed by atoms with Crippen LogP contribution in [0.3, 0.4) is 0 Å². The number of alkyl halides is 3. The minimum Gasteiger partial charge on any atom is -0.352 e. The minimum atomic E-state index is -4.78. The molecule has 0 saturated heterocycles. The normalized spacial score (nSPS) is 14.5. The van der Waals surface area contributed by atoms with Crippen LogP contribution in [0, 0.1) is 6.92 Å². The number of hydrogen-bond acceptors (Lipinski definition) is 4. The third-order valence-electron chi connectivity index (χ3n) is 8.91. The second-order valence-corrected chi connectivity index (χ2v) is 15.4. The lowest BCUT2D eigenvalue weighted by Gasteiger charge is -2.35. The number of halogens is 5. The maximum Gasteiger partial charge on any atom is 0.416 e. The van der Waals surface area contributed by atoms with Crippen molar-refractivity contribution in [2.45, 2.75) is 75.1 Å². The molecule has 7 nitrogen and oxygen atoms in total. The number of carbonyl (C=O) groups is 2. The van der Waals surface area contributed by atoms with Crippen LogP contribution in [0.4, 0.5) is 18.9 Å². The molecule has 0 radical (unpaired) electrons. The Morgan fingerprint density at radius 1 is 0.843 bits per heavy atom. The van der Waals surface area contributed by atoms with Crippen molar-refractivity contribution in [3.05, 3.63) is 129 Å². The first-order chi connectivity index (χ1) is 24.2. The molecule has 13 heteroatoms. The Labute approximate surface area is 306 Å². The summed E-state index contributed by atoms with van der Waals surface area (Å²) in [7, 11) is -4.60. The van der Waals surface area contributed by atoms with Gasteiger partial charge >= 0.3 is 6.18 Å². The molecular formula is C38H38Cl2F3N3O4S. The maximum absolute atomic E-state index is 14.7. The van der Waals surface area contributed by atoms with Crippen LogP contribution in [-0.2, 0) is 38.8 Å². The molecule has 4 aromatic carbocycles. The van der Waals surface area contributed by atoms with Crippen molar-refractivity contribution in [1.82, 2.24) is 10.2 Å². The average Bonchev–Trinajstić information content (AvgIpc) is 3.10. The zero-order chi connectivity index (χ0) is 36.8. The van der Waals surface area contributed by atoms with E-state index < -0.39 is 46.2 Å². The quantitative estimate of drug-likeness (QED) is 0.157. The van der Waals surface area contributed by atoms with Gasteiger partial charge in [-0.15, -0.1) is 0 Å². The largest absolute Gasteiger partial charge is 0.416 e. The molecule has 0 heterocycles. The first-order valence-corrected chi connectivity index (χ1v) is 18.8. The minimum absolute atomic E-state index is 0.0841. The highest BCUT2D eigenvalue weighted by Crippen LogP contribution is 2.34. The van der Waals surface area contributed by atoms with Gasteiger partial charge in [0, 0.05) is 19.0 Å². The number of nitrogens with zero attached hydrogens (tertiary/aromatic N) is 2. The highest BCUT2D eigenvalue weighted by atomic mass is 35.5. The van der Waals surface area contributed by atoms with E-state index in [0.29, 0.717) is 15.9 Å². The van der Waals surface area contributed by atoms with Crippen LogP contribution in [0.5, 0.6) is 0 Å². The summed E-state index contributed by atoms with van der Waals surface area (Å²) in [5, 5.41) is 3.60. The smallest absolute Gasteiger partial charge is 0.352 e. The van der Waals surface area contributed by atoms with E-state index in [1.165, 1.54) is 23.1 Å². The number of sulfonamides is 1. The van der Waals surface area contributed by atoms with Gasteiger partial charge in [0.25, 0.3) is 10.0 Å². The topological polar surface area (TPSA) is 86.8 Å². The number of nitrogens with one attached hydrogen (secondary N) is 1. The lowest BCUT2D eigenvalue weighted by Crippen LogP contribution is -2.55. The number of benzene rings is 4. The molecule has 1 aliphatic rings. The van der Waals surface area contributed by atoms with Crippen molar-refractivity contribution in [1.29, 1.82) is 0 Å². The predicted molar refractivity (Wildman–Crippen MR) is 193 cm³/mol. The maximum atomic E-state index is 14.7. The second-order valence-electron chi connectivity index (χ2n) is 12.7. The standard InChI is InChI=1S/C38H38Cl2F3N3O4S/c1-26-15-18-32(19-16-26)51(49,50)46(31-14-8-11-29(23-31)38(41,42)43)25-36(47)45(24-28-17-20-33(39)34(40)21-28)35(22-27-9-4-2-5-10-27)37(48)44-30-12-6-3-7-13-30/h2,4-5,8-11,14-21,23,30,35H,3,6-7,12-13,22,24-25H2,1H3,(H,44,48)/t35-/m0/s1. The Kier molecular flexibility index (Phi) is 12.4. The van der Waals surface area contributed by atoms with Gasteiger partial charge in [-0.2, -0.15) is 13.2 Å². The molecule has 1 saturated carbocycles. The van der Waals surface area contributed by atoms with Crippen LogP contribution in [0.1, 0.15) is 54.4 Å². The monoisotopic (exact) mass is 759 g/mol. The molecule has 0 unspecified atom stereocenters. The summed E-state index contributed by atoms with van der Waals surface area (Å²) in [4.78, 5) is 30.0. The summed E-state index contributed by atoms with van der Waals surface area (Å²) in [5.74, 6) is -1.24. The molecule has 270 valence electrons.